The Hall–Kier alpha value is -2.01. The quantitative estimate of drug-likeness (QED) is 0.749. The number of carbonyl (C=O) groups is 2. The minimum absolute atomic E-state index is 0.117. The highest BCUT2D eigenvalue weighted by Gasteiger charge is 2.16. The van der Waals surface area contributed by atoms with Crippen LogP contribution in [0, 0.1) is 0 Å². The second-order valence-corrected chi connectivity index (χ2v) is 3.62. The smallest absolute Gasteiger partial charge is 0.272 e. The summed E-state index contributed by atoms with van der Waals surface area (Å²) in [5.41, 5.74) is 5.91. The van der Waals surface area contributed by atoms with E-state index >= 15 is 0 Å². The highest BCUT2D eigenvalue weighted by molar-refractivity contribution is 6.46. The van der Waals surface area contributed by atoms with E-state index in [4.69, 9.17) is 5.73 Å². The van der Waals surface area contributed by atoms with Gasteiger partial charge in [0.1, 0.15) is 5.71 Å². The molecule has 0 fully saturated rings. The van der Waals surface area contributed by atoms with Crippen LogP contribution in [-0.4, -0.2) is 43.1 Å². The van der Waals surface area contributed by atoms with Gasteiger partial charge in [0.15, 0.2) is 0 Å². The summed E-state index contributed by atoms with van der Waals surface area (Å²) >= 11 is 0. The number of hydrogen-bond acceptors (Lipinski definition) is 3. The van der Waals surface area contributed by atoms with Gasteiger partial charge in [-0.15, -0.1) is 0 Å². The summed E-state index contributed by atoms with van der Waals surface area (Å²) in [6, 6.07) is 8.83. The zero-order valence-electron chi connectivity index (χ0n) is 9.88. The molecule has 0 unspecified atom stereocenters. The number of rotatable bonds is 3. The predicted molar refractivity (Wildman–Crippen MR) is 65.7 cm³/mol. The summed E-state index contributed by atoms with van der Waals surface area (Å²) in [5.74, 6) is -0.836. The molecule has 17 heavy (non-hydrogen) atoms. The van der Waals surface area contributed by atoms with Crippen LogP contribution in [0.4, 0.5) is 0 Å². The number of hydrogen-bond donors (Lipinski definition) is 1. The molecule has 0 aliphatic rings. The number of aliphatic imine (C=N–C) groups is 1. The molecule has 90 valence electrons. The fraction of sp³-hybridized carbons (Fsp3) is 0.250. The van der Waals surface area contributed by atoms with Crippen molar-refractivity contribution in [3.8, 4) is 0 Å². The normalized spacial score (nSPS) is 11.1. The molecule has 2 N–H and O–H groups in total. The van der Waals surface area contributed by atoms with E-state index in [1.165, 1.54) is 4.90 Å². The summed E-state index contributed by atoms with van der Waals surface area (Å²) in [4.78, 5) is 28.3. The molecule has 0 aliphatic heterocycles. The Morgan fingerprint density at radius 1 is 1.24 bits per heavy atom. The van der Waals surface area contributed by atoms with Crippen molar-refractivity contribution in [1.29, 1.82) is 0 Å². The maximum absolute atomic E-state index is 11.9. The van der Waals surface area contributed by atoms with E-state index in [1.807, 2.05) is 6.07 Å². The van der Waals surface area contributed by atoms with Gasteiger partial charge in [0, 0.05) is 19.7 Å². The van der Waals surface area contributed by atoms with Crippen molar-refractivity contribution in [1.82, 2.24) is 4.90 Å². The van der Waals surface area contributed by atoms with E-state index in [9.17, 15) is 9.59 Å². The SMILES string of the molecule is CN(C)C(=O)C(=NC(=O)CN)c1ccccc1. The molecular weight excluding hydrogens is 218 g/mol. The third kappa shape index (κ3) is 3.49. The summed E-state index contributed by atoms with van der Waals surface area (Å²) < 4.78 is 0. The number of nitrogens with zero attached hydrogens (tertiary/aromatic N) is 2. The van der Waals surface area contributed by atoms with Crippen LogP contribution in [0.1, 0.15) is 5.56 Å². The zero-order valence-corrected chi connectivity index (χ0v) is 9.88. The molecule has 0 bridgehead atoms. The fourth-order valence-electron chi connectivity index (χ4n) is 1.21. The van der Waals surface area contributed by atoms with Crippen LogP contribution in [0.25, 0.3) is 0 Å². The van der Waals surface area contributed by atoms with Gasteiger partial charge in [-0.25, -0.2) is 4.99 Å². The lowest BCUT2D eigenvalue weighted by atomic mass is 10.1. The van der Waals surface area contributed by atoms with Gasteiger partial charge in [-0.3, -0.25) is 9.59 Å². The standard InChI is InChI=1S/C12H15N3O2/c1-15(2)12(17)11(14-10(16)8-13)9-6-4-3-5-7-9/h3-7H,8,13H2,1-2H3. The first-order valence-electron chi connectivity index (χ1n) is 5.15. The molecule has 1 aromatic rings. The minimum Gasteiger partial charge on any atom is -0.343 e. The Kier molecular flexibility index (Phi) is 4.54. The molecule has 0 aliphatic carbocycles. The van der Waals surface area contributed by atoms with Gasteiger partial charge >= 0.3 is 0 Å². The lowest BCUT2D eigenvalue weighted by molar-refractivity contribution is -0.122. The molecule has 0 aromatic heterocycles. The third-order valence-corrected chi connectivity index (χ3v) is 2.07. The minimum atomic E-state index is -0.515. The number of nitrogens with two attached hydrogens (primary N) is 1. The molecular formula is C12H15N3O2. The summed E-state index contributed by atoms with van der Waals surface area (Å²) in [6.45, 7) is -0.211. The first kappa shape index (κ1) is 13.1. The Balaban J connectivity index is 3.17. The van der Waals surface area contributed by atoms with Crippen LogP contribution in [0.2, 0.25) is 0 Å². The molecule has 5 heteroatoms. The number of carbonyl (C=O) groups excluding carboxylic acids is 2. The molecule has 0 saturated carbocycles. The molecule has 0 saturated heterocycles. The first-order valence-corrected chi connectivity index (χ1v) is 5.15. The zero-order chi connectivity index (χ0) is 12.8. The molecule has 0 atom stereocenters. The second-order valence-electron chi connectivity index (χ2n) is 3.62. The summed E-state index contributed by atoms with van der Waals surface area (Å²) in [5, 5.41) is 0. The van der Waals surface area contributed by atoms with E-state index in [-0.39, 0.29) is 18.2 Å². The van der Waals surface area contributed by atoms with Crippen molar-refractivity contribution < 1.29 is 9.59 Å². The average Bonchev–Trinajstić information content (AvgIpc) is 2.35. The van der Waals surface area contributed by atoms with Crippen molar-refractivity contribution in [3.63, 3.8) is 0 Å². The second kappa shape index (κ2) is 5.91. The average molecular weight is 233 g/mol. The maximum Gasteiger partial charge on any atom is 0.272 e. The topological polar surface area (TPSA) is 75.8 Å². The summed E-state index contributed by atoms with van der Waals surface area (Å²) in [6.07, 6.45) is 0. The Morgan fingerprint density at radius 2 is 1.82 bits per heavy atom. The van der Waals surface area contributed by atoms with E-state index in [0.29, 0.717) is 5.56 Å². The van der Waals surface area contributed by atoms with Crippen molar-refractivity contribution in [3.05, 3.63) is 35.9 Å². The van der Waals surface area contributed by atoms with Gasteiger partial charge in [0.25, 0.3) is 11.8 Å². The molecule has 2 amide bonds. The molecule has 5 nitrogen and oxygen atoms in total. The van der Waals surface area contributed by atoms with Crippen LogP contribution < -0.4 is 5.73 Å². The van der Waals surface area contributed by atoms with Gasteiger partial charge in [-0.2, -0.15) is 0 Å². The van der Waals surface area contributed by atoms with Crippen molar-refractivity contribution in [2.24, 2.45) is 10.7 Å². The maximum atomic E-state index is 11.9. The van der Waals surface area contributed by atoms with Crippen LogP contribution in [0.5, 0.6) is 0 Å². The van der Waals surface area contributed by atoms with Crippen molar-refractivity contribution in [2.75, 3.05) is 20.6 Å². The van der Waals surface area contributed by atoms with Crippen molar-refractivity contribution in [2.45, 2.75) is 0 Å². The van der Waals surface area contributed by atoms with Gasteiger partial charge in [-0.05, 0) is 0 Å². The van der Waals surface area contributed by atoms with Crippen LogP contribution in [0.3, 0.4) is 0 Å². The van der Waals surface area contributed by atoms with E-state index in [1.54, 1.807) is 38.4 Å². The van der Waals surface area contributed by atoms with Crippen LogP contribution >= 0.6 is 0 Å². The van der Waals surface area contributed by atoms with E-state index < -0.39 is 5.91 Å². The number of likely N-dealkylation sites (N-methyl/N-ethyl adjacent to an activating group) is 1. The Bertz CT molecular complexity index is 438. The van der Waals surface area contributed by atoms with Gasteiger partial charge in [0.05, 0.1) is 6.54 Å². The van der Waals surface area contributed by atoms with Crippen LogP contribution in [-0.2, 0) is 9.59 Å². The number of amides is 2. The lowest BCUT2D eigenvalue weighted by Gasteiger charge is -2.12. The van der Waals surface area contributed by atoms with Gasteiger partial charge in [0.2, 0.25) is 0 Å². The molecule has 0 spiro atoms. The highest BCUT2D eigenvalue weighted by Crippen LogP contribution is 2.04. The van der Waals surface area contributed by atoms with E-state index in [2.05, 4.69) is 4.99 Å². The lowest BCUT2D eigenvalue weighted by Crippen LogP contribution is -2.31. The third-order valence-electron chi connectivity index (χ3n) is 2.07. The van der Waals surface area contributed by atoms with Crippen LogP contribution in [0.15, 0.2) is 35.3 Å². The van der Waals surface area contributed by atoms with Crippen molar-refractivity contribution >= 4 is 17.5 Å². The molecule has 1 aromatic carbocycles. The fourth-order valence-corrected chi connectivity index (χ4v) is 1.21. The highest BCUT2D eigenvalue weighted by atomic mass is 16.2. The Morgan fingerprint density at radius 3 is 2.29 bits per heavy atom. The number of benzene rings is 1. The monoisotopic (exact) mass is 233 g/mol. The molecule has 0 heterocycles. The first-order chi connectivity index (χ1) is 8.06. The predicted octanol–water partition coefficient (Wildman–Crippen LogP) is 0.0492. The molecule has 1 rings (SSSR count). The van der Waals surface area contributed by atoms with Gasteiger partial charge < -0.3 is 10.6 Å². The summed E-state index contributed by atoms with van der Waals surface area (Å²) in [7, 11) is 3.21. The largest absolute Gasteiger partial charge is 0.343 e. The van der Waals surface area contributed by atoms with E-state index in [0.717, 1.165) is 0 Å². The Labute approximate surface area is 99.9 Å². The molecule has 0 radical (unpaired) electrons. The van der Waals surface area contributed by atoms with Gasteiger partial charge in [-0.1, -0.05) is 30.3 Å².